The molecule has 2 nitrogen and oxygen atoms in total. The van der Waals surface area contributed by atoms with E-state index >= 15 is 0 Å². The fourth-order valence-electron chi connectivity index (χ4n) is 0.892. The standard InChI is InChI=1S/C5H11IN2/c6-5(7)3-1-2-4-8-5/h8H,1-4,7H2. The van der Waals surface area contributed by atoms with Crippen LogP contribution in [-0.4, -0.2) is 10.2 Å². The van der Waals surface area contributed by atoms with Gasteiger partial charge in [0.15, 0.2) is 0 Å². The Morgan fingerprint density at radius 3 is 2.50 bits per heavy atom. The number of hydrogen-bond acceptors (Lipinski definition) is 2. The molecule has 0 saturated carbocycles. The molecule has 0 amide bonds. The molecule has 0 aromatic rings. The first-order chi connectivity index (χ1) is 3.71. The second-order valence-electron chi connectivity index (χ2n) is 2.25. The molecule has 0 spiro atoms. The van der Waals surface area contributed by atoms with Crippen molar-refractivity contribution in [3.8, 4) is 0 Å². The quantitative estimate of drug-likeness (QED) is 0.364. The van der Waals surface area contributed by atoms with Crippen LogP contribution < -0.4 is 11.1 Å². The van der Waals surface area contributed by atoms with Gasteiger partial charge in [0.25, 0.3) is 0 Å². The Bertz CT molecular complexity index is 74.5. The number of piperidine rings is 1. The molecular formula is C5H11IN2. The molecule has 0 aromatic heterocycles. The highest BCUT2D eigenvalue weighted by Crippen LogP contribution is 2.19. The van der Waals surface area contributed by atoms with E-state index in [0.29, 0.717) is 0 Å². The van der Waals surface area contributed by atoms with Gasteiger partial charge in [-0.1, -0.05) is 0 Å². The average molecular weight is 226 g/mol. The summed E-state index contributed by atoms with van der Waals surface area (Å²) < 4.78 is -0.101. The largest absolute Gasteiger partial charge is 0.305 e. The number of nitrogens with two attached hydrogens (primary N) is 1. The number of halogens is 1. The molecule has 1 heterocycles. The first kappa shape index (κ1) is 6.77. The van der Waals surface area contributed by atoms with Crippen LogP contribution in [0.15, 0.2) is 0 Å². The monoisotopic (exact) mass is 226 g/mol. The summed E-state index contributed by atoms with van der Waals surface area (Å²) in [5.41, 5.74) is 5.75. The molecule has 1 aliphatic rings. The Morgan fingerprint density at radius 2 is 2.25 bits per heavy atom. The second kappa shape index (κ2) is 2.49. The molecule has 1 fully saturated rings. The molecule has 1 unspecified atom stereocenters. The lowest BCUT2D eigenvalue weighted by atomic mass is 10.1. The molecule has 0 bridgehead atoms. The molecule has 1 rings (SSSR count). The van der Waals surface area contributed by atoms with Gasteiger partial charge in [0, 0.05) is 0 Å². The van der Waals surface area contributed by atoms with Crippen molar-refractivity contribution in [3.05, 3.63) is 0 Å². The molecule has 0 aromatic carbocycles. The third kappa shape index (κ3) is 1.87. The van der Waals surface area contributed by atoms with Crippen LogP contribution in [0.3, 0.4) is 0 Å². The van der Waals surface area contributed by atoms with E-state index in [-0.39, 0.29) is 3.67 Å². The molecule has 3 heteroatoms. The maximum atomic E-state index is 5.75. The van der Waals surface area contributed by atoms with Crippen molar-refractivity contribution in [2.45, 2.75) is 22.9 Å². The van der Waals surface area contributed by atoms with Crippen molar-refractivity contribution in [1.82, 2.24) is 5.32 Å². The van der Waals surface area contributed by atoms with Gasteiger partial charge in [0.05, 0.1) is 0 Å². The summed E-state index contributed by atoms with van der Waals surface area (Å²) in [4.78, 5) is 0. The van der Waals surface area contributed by atoms with Gasteiger partial charge >= 0.3 is 0 Å². The zero-order valence-corrected chi connectivity index (χ0v) is 6.94. The predicted octanol–water partition coefficient (Wildman–Crippen LogP) is 0.807. The zero-order valence-electron chi connectivity index (χ0n) is 4.78. The normalized spacial score (nSPS) is 39.8. The van der Waals surface area contributed by atoms with Crippen LogP contribution in [0.25, 0.3) is 0 Å². The molecule has 1 aliphatic heterocycles. The van der Waals surface area contributed by atoms with Crippen LogP contribution in [0, 0.1) is 0 Å². The molecule has 48 valence electrons. The van der Waals surface area contributed by atoms with E-state index in [1.54, 1.807) is 0 Å². The molecule has 1 atom stereocenters. The van der Waals surface area contributed by atoms with Gasteiger partial charge in [-0.15, -0.1) is 0 Å². The van der Waals surface area contributed by atoms with Gasteiger partial charge in [0.1, 0.15) is 3.67 Å². The molecule has 8 heavy (non-hydrogen) atoms. The van der Waals surface area contributed by atoms with Crippen LogP contribution in [-0.2, 0) is 0 Å². The van der Waals surface area contributed by atoms with E-state index in [1.807, 2.05) is 0 Å². The molecular weight excluding hydrogens is 215 g/mol. The molecule has 3 N–H and O–H groups in total. The lowest BCUT2D eigenvalue weighted by molar-refractivity contribution is 0.393. The average Bonchev–Trinajstić information content (AvgIpc) is 1.65. The summed E-state index contributed by atoms with van der Waals surface area (Å²) in [6.07, 6.45) is 3.65. The highest BCUT2D eigenvalue weighted by molar-refractivity contribution is 14.1. The highest BCUT2D eigenvalue weighted by atomic mass is 127. The summed E-state index contributed by atoms with van der Waals surface area (Å²) in [7, 11) is 0. The van der Waals surface area contributed by atoms with Crippen molar-refractivity contribution in [2.24, 2.45) is 5.73 Å². The first-order valence-corrected chi connectivity index (χ1v) is 4.01. The summed E-state index contributed by atoms with van der Waals surface area (Å²) in [6.45, 7) is 1.08. The van der Waals surface area contributed by atoms with Gasteiger partial charge < -0.3 is 5.73 Å². The Kier molecular flexibility index (Phi) is 2.11. The second-order valence-corrected chi connectivity index (χ2v) is 4.17. The van der Waals surface area contributed by atoms with Gasteiger partial charge in [-0.3, -0.25) is 5.32 Å². The van der Waals surface area contributed by atoms with Crippen LogP contribution in [0.5, 0.6) is 0 Å². The Morgan fingerprint density at radius 1 is 1.50 bits per heavy atom. The summed E-state index contributed by atoms with van der Waals surface area (Å²) in [5.74, 6) is 0. The summed E-state index contributed by atoms with van der Waals surface area (Å²) in [6, 6.07) is 0. The lowest BCUT2D eigenvalue weighted by Gasteiger charge is -2.28. The maximum Gasteiger partial charge on any atom is 0.119 e. The lowest BCUT2D eigenvalue weighted by Crippen LogP contribution is -2.50. The minimum Gasteiger partial charge on any atom is -0.305 e. The minimum absolute atomic E-state index is 0.101. The fourth-order valence-corrected chi connectivity index (χ4v) is 1.54. The third-order valence-corrected chi connectivity index (χ3v) is 2.31. The van der Waals surface area contributed by atoms with Crippen molar-refractivity contribution in [2.75, 3.05) is 6.54 Å². The minimum atomic E-state index is -0.101. The van der Waals surface area contributed by atoms with Gasteiger partial charge in [0.2, 0.25) is 0 Å². The van der Waals surface area contributed by atoms with E-state index in [2.05, 4.69) is 27.9 Å². The highest BCUT2D eigenvalue weighted by Gasteiger charge is 2.21. The van der Waals surface area contributed by atoms with Crippen molar-refractivity contribution < 1.29 is 0 Å². The van der Waals surface area contributed by atoms with Crippen LogP contribution in [0.1, 0.15) is 19.3 Å². The van der Waals surface area contributed by atoms with Crippen LogP contribution >= 0.6 is 22.6 Å². The van der Waals surface area contributed by atoms with E-state index in [4.69, 9.17) is 5.73 Å². The summed E-state index contributed by atoms with van der Waals surface area (Å²) in [5, 5.41) is 3.22. The topological polar surface area (TPSA) is 38.0 Å². The number of rotatable bonds is 0. The third-order valence-electron chi connectivity index (χ3n) is 1.39. The smallest absolute Gasteiger partial charge is 0.119 e. The van der Waals surface area contributed by atoms with E-state index in [0.717, 1.165) is 13.0 Å². The van der Waals surface area contributed by atoms with Gasteiger partial charge in [-0.05, 0) is 48.4 Å². The number of alkyl halides is 1. The van der Waals surface area contributed by atoms with E-state index < -0.39 is 0 Å². The molecule has 0 radical (unpaired) electrons. The number of hydrogen-bond donors (Lipinski definition) is 2. The Labute approximate surface area is 63.3 Å². The van der Waals surface area contributed by atoms with Crippen molar-refractivity contribution in [3.63, 3.8) is 0 Å². The molecule has 1 saturated heterocycles. The van der Waals surface area contributed by atoms with Gasteiger partial charge in [-0.25, -0.2) is 0 Å². The Hall–Kier alpha value is 0.650. The van der Waals surface area contributed by atoms with Gasteiger partial charge in [-0.2, -0.15) is 0 Å². The fraction of sp³-hybridized carbons (Fsp3) is 1.00. The van der Waals surface area contributed by atoms with Crippen molar-refractivity contribution in [1.29, 1.82) is 0 Å². The van der Waals surface area contributed by atoms with E-state index in [9.17, 15) is 0 Å². The van der Waals surface area contributed by atoms with E-state index in [1.165, 1.54) is 12.8 Å². The first-order valence-electron chi connectivity index (χ1n) is 2.93. The van der Waals surface area contributed by atoms with Crippen LogP contribution in [0.4, 0.5) is 0 Å². The van der Waals surface area contributed by atoms with Crippen molar-refractivity contribution >= 4 is 22.6 Å². The molecule has 0 aliphatic carbocycles. The predicted molar refractivity (Wildman–Crippen MR) is 42.8 cm³/mol. The zero-order chi connectivity index (χ0) is 6.04. The SMILES string of the molecule is NC1(I)CCCCN1. The maximum absolute atomic E-state index is 5.75. The van der Waals surface area contributed by atoms with Crippen LogP contribution in [0.2, 0.25) is 0 Å². The Balaban J connectivity index is 2.33. The summed E-state index contributed by atoms with van der Waals surface area (Å²) >= 11 is 2.26. The number of nitrogens with one attached hydrogen (secondary N) is 1.